The number of ketones is 1. The van der Waals surface area contributed by atoms with Crippen LogP contribution in [-0.2, 0) is 30.4 Å². The van der Waals surface area contributed by atoms with Crippen LogP contribution in [0, 0.1) is 0 Å². The van der Waals surface area contributed by atoms with Gasteiger partial charge in [-0.1, -0.05) is 11.2 Å². The number of nitrogens with two attached hydrogens (primary N) is 1. The topological polar surface area (TPSA) is 248 Å². The van der Waals surface area contributed by atoms with E-state index in [4.69, 9.17) is 10.6 Å². The summed E-state index contributed by atoms with van der Waals surface area (Å²) in [6.45, 7) is 6.02. The van der Waals surface area contributed by atoms with Crippen LogP contribution in [-0.4, -0.2) is 108 Å². The summed E-state index contributed by atoms with van der Waals surface area (Å²) < 4.78 is 0.375. The minimum absolute atomic E-state index is 0. The molecule has 0 bridgehead atoms. The number of phenols is 2. The number of amides is 2. The van der Waals surface area contributed by atoms with Gasteiger partial charge in [0.1, 0.15) is 30.2 Å². The predicted molar refractivity (Wildman–Crippen MR) is 180 cm³/mol. The van der Waals surface area contributed by atoms with Gasteiger partial charge in [-0.2, -0.15) is 0 Å². The maximum absolute atomic E-state index is 13.6. The summed E-state index contributed by atoms with van der Waals surface area (Å²) in [7, 11) is 0. The molecule has 2 saturated heterocycles. The van der Waals surface area contributed by atoms with E-state index in [1.54, 1.807) is 6.08 Å². The Bertz CT molecular complexity index is 1950. The average Bonchev–Trinajstić information content (AvgIpc) is 3.71. The third-order valence-electron chi connectivity index (χ3n) is 9.57. The normalized spacial score (nSPS) is 22.4. The van der Waals surface area contributed by atoms with Crippen molar-refractivity contribution in [1.29, 1.82) is 0 Å². The summed E-state index contributed by atoms with van der Waals surface area (Å²) >= 11 is 2.28. The Labute approximate surface area is 328 Å². The number of aromatic hydroxyl groups is 2. The molecule has 16 nitrogen and oxygen atoms in total. The third kappa shape index (κ3) is 7.32. The van der Waals surface area contributed by atoms with Gasteiger partial charge in [-0.15, -0.1) is 23.1 Å². The number of thiazole rings is 1. The number of Topliss-reactive ketones (excluding diaryl/α,β-unsaturated/α-hetero) is 1. The molecule has 0 unspecified atom stereocenters. The van der Waals surface area contributed by atoms with Crippen molar-refractivity contribution in [3.63, 3.8) is 0 Å². The standard InChI is InChI=1S/C33H36N6O10S2.Na/c1-15-19(13-39(8-4-5-9-39)12-17-7-6-16-10-21(40)22(41)11-18(16)26(17)42)25(30(45)46)38-28(44)24(29(38)51-15)36-27(43)23(20-14-50-32(34)35-20)37-49-33(2,3)31(47)48;/h7,10-11,14-15,24,29H,4-6,8-9,12-13H2,1-3H3,(H6-,34,35,36,37,40,41,42,43,45,46,47,48);/q;+1/p-1/t15-,24+,29+;/m0./s1. The first kappa shape index (κ1) is 39.3. The Balaban J connectivity index is 0.00000523. The molecule has 2 fully saturated rings. The number of β-lactam (4-membered cyclic amide) rings is 1. The number of nitrogens with zero attached hydrogens (tertiary/aromatic N) is 4. The molecule has 4 aliphatic rings. The van der Waals surface area contributed by atoms with Crippen LogP contribution in [0.1, 0.15) is 55.2 Å². The predicted octanol–water partition coefficient (Wildman–Crippen LogP) is -3.84. The molecule has 2 amide bonds. The number of hydrogen-bond acceptors (Lipinski definition) is 15. The number of benzene rings is 1. The van der Waals surface area contributed by atoms with E-state index in [9.17, 15) is 44.4 Å². The van der Waals surface area contributed by atoms with Crippen LogP contribution in [0.2, 0.25) is 0 Å². The van der Waals surface area contributed by atoms with Crippen molar-refractivity contribution in [2.75, 3.05) is 31.9 Å². The van der Waals surface area contributed by atoms with Gasteiger partial charge < -0.3 is 50.4 Å². The number of nitrogen functional groups attached to an aromatic ring is 1. The molecule has 5 N–H and O–H groups in total. The van der Waals surface area contributed by atoms with Crippen molar-refractivity contribution in [1.82, 2.24) is 15.2 Å². The summed E-state index contributed by atoms with van der Waals surface area (Å²) in [6.07, 6.45) is 3.88. The molecule has 6 rings (SSSR count). The zero-order chi connectivity index (χ0) is 37.0. The summed E-state index contributed by atoms with van der Waals surface area (Å²) in [5, 5.41) is 50.7. The number of carbonyl (C=O) groups excluding carboxylic acids is 5. The molecule has 270 valence electrons. The van der Waals surface area contributed by atoms with Crippen molar-refractivity contribution >= 4 is 63.5 Å². The van der Waals surface area contributed by atoms with Gasteiger partial charge >= 0.3 is 29.6 Å². The Kier molecular flexibility index (Phi) is 11.2. The zero-order valence-electron chi connectivity index (χ0n) is 28.8. The largest absolute Gasteiger partial charge is 1.00 e. The van der Waals surface area contributed by atoms with Crippen LogP contribution in [0.4, 0.5) is 5.13 Å². The Morgan fingerprint density at radius 2 is 1.83 bits per heavy atom. The quantitative estimate of drug-likeness (QED) is 0.0429. The minimum Gasteiger partial charge on any atom is -0.546 e. The van der Waals surface area contributed by atoms with Gasteiger partial charge in [0.05, 0.1) is 36.3 Å². The van der Waals surface area contributed by atoms with Crippen molar-refractivity contribution in [3.8, 4) is 11.5 Å². The molecule has 0 radical (unpaired) electrons. The number of fused-ring (bicyclic) bond motifs is 2. The van der Waals surface area contributed by atoms with E-state index in [2.05, 4.69) is 15.5 Å². The molecule has 1 aliphatic carbocycles. The summed E-state index contributed by atoms with van der Waals surface area (Å²) in [4.78, 5) is 75.0. The van der Waals surface area contributed by atoms with Gasteiger partial charge in [-0.05, 0) is 44.9 Å². The van der Waals surface area contributed by atoms with Crippen molar-refractivity contribution in [2.45, 2.75) is 62.3 Å². The first-order valence-electron chi connectivity index (χ1n) is 16.1. The average molecular weight is 763 g/mol. The Hall–Kier alpha value is -3.94. The van der Waals surface area contributed by atoms with Crippen LogP contribution >= 0.6 is 23.1 Å². The van der Waals surface area contributed by atoms with E-state index < -0.39 is 57.5 Å². The number of thioether (sulfide) groups is 1. The first-order chi connectivity index (χ1) is 24.0. The maximum Gasteiger partial charge on any atom is 1.00 e. The van der Waals surface area contributed by atoms with Crippen LogP contribution in [0.15, 0.2) is 45.6 Å². The third-order valence-corrected chi connectivity index (χ3v) is 11.7. The van der Waals surface area contributed by atoms with E-state index in [0.29, 0.717) is 52.8 Å². The molecule has 3 atom stereocenters. The molecular weight excluding hydrogens is 728 g/mol. The number of nitrogens with one attached hydrogen (secondary N) is 1. The number of rotatable bonds is 11. The number of oxime groups is 1. The minimum atomic E-state index is -1.91. The van der Waals surface area contributed by atoms with E-state index >= 15 is 0 Å². The second-order valence-corrected chi connectivity index (χ2v) is 15.8. The Morgan fingerprint density at radius 1 is 1.15 bits per heavy atom. The van der Waals surface area contributed by atoms with E-state index in [1.807, 2.05) is 6.92 Å². The van der Waals surface area contributed by atoms with Crippen LogP contribution in [0.3, 0.4) is 0 Å². The van der Waals surface area contributed by atoms with Gasteiger partial charge in [0, 0.05) is 34.6 Å². The number of hydrogen-bond donors (Lipinski definition) is 4. The van der Waals surface area contributed by atoms with Gasteiger partial charge in [0.25, 0.3) is 11.8 Å². The molecule has 0 spiro atoms. The summed E-state index contributed by atoms with van der Waals surface area (Å²) in [5.74, 6) is -5.74. The number of aromatic nitrogens is 1. The van der Waals surface area contributed by atoms with Gasteiger partial charge in [0.2, 0.25) is 0 Å². The smallest absolute Gasteiger partial charge is 0.546 e. The van der Waals surface area contributed by atoms with E-state index in [-0.39, 0.29) is 64.2 Å². The number of aliphatic carboxylic acids is 2. The number of anilines is 1. The monoisotopic (exact) mass is 762 g/mol. The molecule has 4 heterocycles. The fourth-order valence-electron chi connectivity index (χ4n) is 6.79. The van der Waals surface area contributed by atoms with Gasteiger partial charge in [0.15, 0.2) is 33.7 Å². The number of carbonyl (C=O) groups is 5. The number of carboxylic acids is 2. The number of carboxylic acid groups (broad SMARTS) is 2. The fourth-order valence-corrected chi connectivity index (χ4v) is 8.78. The SMILES string of the molecule is C[C@@H]1S[C@@H]2[C@H](NC(=O)/C(=N\OC(C)(C)C(=O)[O-])c3csc(N)n3)C(=O)N2C(C(=O)[O-])=C1C[N+]1(CC2=CCc3cc(O)c(O)cc3C2=O)CCCC1.[Na+]. The van der Waals surface area contributed by atoms with Crippen LogP contribution in [0.5, 0.6) is 11.5 Å². The van der Waals surface area contributed by atoms with Crippen LogP contribution < -0.4 is 50.8 Å². The first-order valence-corrected chi connectivity index (χ1v) is 17.9. The van der Waals surface area contributed by atoms with Crippen LogP contribution in [0.25, 0.3) is 0 Å². The summed E-state index contributed by atoms with van der Waals surface area (Å²) in [5.41, 5.74) is 4.96. The number of phenolic OH excluding ortho intramolecular Hbond substituents is 2. The molecular formula is C33H35N6NaO10S2. The molecule has 0 saturated carbocycles. The zero-order valence-corrected chi connectivity index (χ0v) is 32.5. The molecule has 3 aliphatic heterocycles. The Morgan fingerprint density at radius 3 is 2.44 bits per heavy atom. The van der Waals surface area contributed by atoms with Gasteiger partial charge in [-0.25, -0.2) is 4.98 Å². The maximum atomic E-state index is 13.6. The fraction of sp³-hybridized carbons (Fsp3) is 0.424. The van der Waals surface area contributed by atoms with Gasteiger partial charge in [-0.3, -0.25) is 19.3 Å². The second kappa shape index (κ2) is 14.8. The molecule has 2 aromatic rings. The molecule has 1 aromatic carbocycles. The molecule has 1 aromatic heterocycles. The number of quaternary nitrogens is 1. The summed E-state index contributed by atoms with van der Waals surface area (Å²) in [6, 6.07) is 1.46. The second-order valence-electron chi connectivity index (χ2n) is 13.5. The van der Waals surface area contributed by atoms with E-state index in [1.165, 1.54) is 43.1 Å². The van der Waals surface area contributed by atoms with Crippen molar-refractivity contribution in [3.05, 3.63) is 57.3 Å². The number of allylic oxidation sites excluding steroid dienone is 1. The van der Waals surface area contributed by atoms with E-state index in [0.717, 1.165) is 29.1 Å². The van der Waals surface area contributed by atoms with Crippen molar-refractivity contribution in [2.24, 2.45) is 5.16 Å². The number of likely N-dealkylation sites (tertiary alicyclic amines) is 1. The molecule has 52 heavy (non-hydrogen) atoms. The molecule has 19 heteroatoms. The van der Waals surface area contributed by atoms with Crippen molar-refractivity contribution < 1.29 is 83.3 Å².